The smallest absolute Gasteiger partial charge is 0.410 e. The molecule has 0 radical (unpaired) electrons. The number of aliphatic hydroxyl groups is 1. The molecule has 10 nitrogen and oxygen atoms in total. The summed E-state index contributed by atoms with van der Waals surface area (Å²) in [7, 11) is 0. The lowest BCUT2D eigenvalue weighted by Gasteiger charge is -2.34. The van der Waals surface area contributed by atoms with Crippen LogP contribution >= 0.6 is 0 Å². The molecule has 2 atom stereocenters. The van der Waals surface area contributed by atoms with Gasteiger partial charge in [-0.3, -0.25) is 0 Å². The lowest BCUT2D eigenvalue weighted by Crippen LogP contribution is -2.47. The number of piperidine rings is 1. The minimum Gasteiger partial charge on any atom is -0.444 e. The van der Waals surface area contributed by atoms with Crippen LogP contribution in [0.1, 0.15) is 52.0 Å². The topological polar surface area (TPSA) is 122 Å². The van der Waals surface area contributed by atoms with E-state index in [2.05, 4.69) is 26.7 Å². The molecule has 1 amide bonds. The molecule has 1 unspecified atom stereocenters. The van der Waals surface area contributed by atoms with E-state index in [1.807, 2.05) is 70.2 Å². The molecular weight excluding hydrogens is 568 g/mol. The van der Waals surface area contributed by atoms with Gasteiger partial charge in [-0.2, -0.15) is 0 Å². The summed E-state index contributed by atoms with van der Waals surface area (Å²) >= 11 is 0. The average molecular weight is 611 g/mol. The van der Waals surface area contributed by atoms with E-state index in [9.17, 15) is 9.90 Å². The van der Waals surface area contributed by atoms with E-state index in [1.165, 1.54) is 0 Å². The third-order valence-corrected chi connectivity index (χ3v) is 8.18. The first-order chi connectivity index (χ1) is 21.6. The Balaban J connectivity index is 1.21. The normalized spacial score (nSPS) is 17.5. The zero-order chi connectivity index (χ0) is 31.6. The predicted octanol–water partition coefficient (Wildman–Crippen LogP) is 6.79. The summed E-state index contributed by atoms with van der Waals surface area (Å²) in [6, 6.07) is 15.8. The Bertz CT molecular complexity index is 1670. The molecule has 236 valence electrons. The first-order valence-electron chi connectivity index (χ1n) is 15.8. The molecule has 10 heteroatoms. The number of amides is 1. The Morgan fingerprint density at radius 3 is 2.69 bits per heavy atom. The number of aliphatic hydroxyl groups excluding tert-OH is 1. The number of hydrogen-bond donors (Lipinski definition) is 3. The van der Waals surface area contributed by atoms with Crippen LogP contribution in [-0.2, 0) is 4.74 Å². The second-order valence-corrected chi connectivity index (χ2v) is 13.0. The number of carbonyl (C=O) groups excluding carboxylic acids is 1. The quantitative estimate of drug-likeness (QED) is 0.188. The van der Waals surface area contributed by atoms with Crippen LogP contribution in [0.2, 0.25) is 0 Å². The molecule has 6 rings (SSSR count). The molecule has 1 aliphatic carbocycles. The molecule has 1 aliphatic heterocycles. The van der Waals surface area contributed by atoms with Crippen LogP contribution in [0.15, 0.2) is 60.9 Å². The Labute approximate surface area is 264 Å². The number of likely N-dealkylation sites (tertiary alicyclic amines) is 1. The Morgan fingerprint density at radius 2 is 1.89 bits per heavy atom. The largest absolute Gasteiger partial charge is 0.444 e. The number of fused-ring (bicyclic) bond motifs is 1. The highest BCUT2D eigenvalue weighted by molar-refractivity contribution is 5.98. The molecule has 2 aromatic carbocycles. The first-order valence-corrected chi connectivity index (χ1v) is 15.8. The average Bonchev–Trinajstić information content (AvgIpc) is 3.87. The van der Waals surface area contributed by atoms with Crippen molar-refractivity contribution in [2.24, 2.45) is 5.92 Å². The molecule has 45 heavy (non-hydrogen) atoms. The number of benzene rings is 2. The molecule has 2 aromatic heterocycles. The van der Waals surface area contributed by atoms with Gasteiger partial charge in [0.1, 0.15) is 11.4 Å². The Hall–Kier alpha value is -4.44. The summed E-state index contributed by atoms with van der Waals surface area (Å²) < 4.78 is 12.2. The molecule has 0 spiro atoms. The third-order valence-electron chi connectivity index (χ3n) is 8.18. The van der Waals surface area contributed by atoms with Crippen molar-refractivity contribution in [1.29, 1.82) is 0 Å². The second kappa shape index (κ2) is 12.9. The number of carbonyl (C=O) groups is 1. The van der Waals surface area contributed by atoms with Gasteiger partial charge in [-0.15, -0.1) is 0 Å². The molecule has 3 N–H and O–H groups in total. The second-order valence-electron chi connectivity index (χ2n) is 13.0. The van der Waals surface area contributed by atoms with Gasteiger partial charge in [0.2, 0.25) is 11.8 Å². The van der Waals surface area contributed by atoms with Gasteiger partial charge in [0.25, 0.3) is 0 Å². The van der Waals surface area contributed by atoms with Gasteiger partial charge in [-0.1, -0.05) is 24.3 Å². The fourth-order valence-corrected chi connectivity index (χ4v) is 5.70. The molecule has 0 bridgehead atoms. The number of rotatable bonds is 9. The molecule has 1 saturated carbocycles. The molecular formula is C35H42N6O4. The van der Waals surface area contributed by atoms with E-state index in [4.69, 9.17) is 14.5 Å². The monoisotopic (exact) mass is 610 g/mol. The van der Waals surface area contributed by atoms with Crippen molar-refractivity contribution in [2.75, 3.05) is 30.3 Å². The highest BCUT2D eigenvalue weighted by Crippen LogP contribution is 2.39. The van der Waals surface area contributed by atoms with Crippen LogP contribution in [0.4, 0.5) is 16.4 Å². The molecule has 1 saturated heterocycles. The van der Waals surface area contributed by atoms with Gasteiger partial charge < -0.3 is 30.1 Å². The zero-order valence-electron chi connectivity index (χ0n) is 26.4. The minimum atomic E-state index is -0.540. The fraction of sp³-hybridized carbons (Fsp3) is 0.429. The maximum atomic E-state index is 12.7. The van der Waals surface area contributed by atoms with Crippen LogP contribution in [0, 0.1) is 12.8 Å². The lowest BCUT2D eigenvalue weighted by atomic mass is 10.0. The van der Waals surface area contributed by atoms with Gasteiger partial charge in [0.15, 0.2) is 0 Å². The van der Waals surface area contributed by atoms with Crippen molar-refractivity contribution in [2.45, 2.75) is 71.1 Å². The number of anilines is 2. The van der Waals surface area contributed by atoms with Crippen LogP contribution in [0.5, 0.6) is 11.6 Å². The summed E-state index contributed by atoms with van der Waals surface area (Å²) in [5, 5.41) is 19.2. The van der Waals surface area contributed by atoms with Crippen LogP contribution in [-0.4, -0.2) is 68.4 Å². The number of aryl methyl sites for hydroxylation is 1. The first kappa shape index (κ1) is 30.6. The van der Waals surface area contributed by atoms with Crippen LogP contribution in [0.25, 0.3) is 22.0 Å². The number of nitrogens with zero attached hydrogens (tertiary/aromatic N) is 4. The number of hydrogen-bond acceptors (Lipinski definition) is 9. The zero-order valence-corrected chi connectivity index (χ0v) is 26.4. The SMILES string of the molecule is Cc1ccc2c(NC[C@@H](O)C3CC3)cccc2c1Oc1ncccc1-c1ccnc(NC2CCCN(C(=O)OC(C)(C)C)C2)n1. The van der Waals surface area contributed by atoms with Gasteiger partial charge in [-0.25, -0.2) is 19.7 Å². The van der Waals surface area contributed by atoms with E-state index < -0.39 is 5.60 Å². The number of aromatic nitrogens is 3. The number of pyridine rings is 1. The van der Waals surface area contributed by atoms with E-state index in [0.717, 1.165) is 59.0 Å². The van der Waals surface area contributed by atoms with Crippen molar-refractivity contribution in [3.8, 4) is 22.9 Å². The van der Waals surface area contributed by atoms with E-state index >= 15 is 0 Å². The van der Waals surface area contributed by atoms with Crippen LogP contribution in [0.3, 0.4) is 0 Å². The predicted molar refractivity (Wildman–Crippen MR) is 176 cm³/mol. The summed E-state index contributed by atoms with van der Waals surface area (Å²) in [5.41, 5.74) is 2.80. The van der Waals surface area contributed by atoms with E-state index in [1.54, 1.807) is 17.3 Å². The van der Waals surface area contributed by atoms with Crippen molar-refractivity contribution >= 4 is 28.5 Å². The Kier molecular flexibility index (Phi) is 8.76. The number of nitrogens with one attached hydrogen (secondary N) is 2. The molecule has 4 aromatic rings. The highest BCUT2D eigenvalue weighted by Gasteiger charge is 2.30. The molecule has 2 fully saturated rings. The summed E-state index contributed by atoms with van der Waals surface area (Å²) in [6.45, 7) is 9.34. The van der Waals surface area contributed by atoms with Crippen molar-refractivity contribution < 1.29 is 19.4 Å². The maximum absolute atomic E-state index is 12.7. The van der Waals surface area contributed by atoms with Crippen LogP contribution < -0.4 is 15.4 Å². The minimum absolute atomic E-state index is 0.00216. The van der Waals surface area contributed by atoms with Gasteiger partial charge in [0.05, 0.1) is 17.4 Å². The third kappa shape index (κ3) is 7.45. The maximum Gasteiger partial charge on any atom is 0.410 e. The standard InChI is InChI=1S/C35H42N6O4/c1-22-12-15-25-26(9-5-11-28(25)38-20-30(42)23-13-14-23)31(22)44-32-27(10-6-17-36-32)29-16-18-37-33(40-29)39-24-8-7-19-41(21-24)34(43)45-35(2,3)4/h5-6,9-12,15-18,23-24,30,38,42H,7-8,13-14,19-21H2,1-4H3,(H,37,39,40)/t24?,30-/m1/s1. The van der Waals surface area contributed by atoms with Gasteiger partial charge in [0, 0.05) is 54.5 Å². The highest BCUT2D eigenvalue weighted by atomic mass is 16.6. The summed E-state index contributed by atoms with van der Waals surface area (Å²) in [5.74, 6) is 2.04. The van der Waals surface area contributed by atoms with Crippen molar-refractivity contribution in [1.82, 2.24) is 19.9 Å². The summed E-state index contributed by atoms with van der Waals surface area (Å²) in [6.07, 6.45) is 6.73. The van der Waals surface area contributed by atoms with E-state index in [-0.39, 0.29) is 18.2 Å². The number of ether oxygens (including phenoxy) is 2. The van der Waals surface area contributed by atoms with Gasteiger partial charge in [-0.05, 0) is 89.1 Å². The fourth-order valence-electron chi connectivity index (χ4n) is 5.70. The molecule has 3 heterocycles. The van der Waals surface area contributed by atoms with Crippen molar-refractivity contribution in [3.63, 3.8) is 0 Å². The lowest BCUT2D eigenvalue weighted by molar-refractivity contribution is 0.0206. The van der Waals surface area contributed by atoms with Gasteiger partial charge >= 0.3 is 6.09 Å². The molecule has 2 aliphatic rings. The van der Waals surface area contributed by atoms with Crippen molar-refractivity contribution in [3.05, 3.63) is 66.5 Å². The summed E-state index contributed by atoms with van der Waals surface area (Å²) in [4.78, 5) is 28.3. The van der Waals surface area contributed by atoms with E-state index in [0.29, 0.717) is 43.1 Å². The Morgan fingerprint density at radius 1 is 1.04 bits per heavy atom.